The van der Waals surface area contributed by atoms with Crippen LogP contribution in [0.4, 0.5) is 0 Å². The van der Waals surface area contributed by atoms with E-state index in [0.29, 0.717) is 5.92 Å². The molecule has 2 nitrogen and oxygen atoms in total. The van der Waals surface area contributed by atoms with E-state index in [9.17, 15) is 0 Å². The van der Waals surface area contributed by atoms with E-state index in [1.165, 1.54) is 19.3 Å². The molecule has 1 aliphatic carbocycles. The molecule has 2 aliphatic rings. The summed E-state index contributed by atoms with van der Waals surface area (Å²) in [5.41, 5.74) is 5.78. The maximum Gasteiger partial charge on any atom is 0.0968 e. The Labute approximate surface area is 67.9 Å². The van der Waals surface area contributed by atoms with Crippen LogP contribution in [0.1, 0.15) is 26.2 Å². The van der Waals surface area contributed by atoms with Gasteiger partial charge >= 0.3 is 0 Å². The minimum absolute atomic E-state index is 0.552. The van der Waals surface area contributed by atoms with Gasteiger partial charge in [0, 0.05) is 12.5 Å². The highest BCUT2D eigenvalue weighted by Gasteiger charge is 2.35. The zero-order chi connectivity index (χ0) is 7.84. The molecule has 1 aliphatic heterocycles. The molecule has 0 aromatic carbocycles. The van der Waals surface area contributed by atoms with Crippen molar-refractivity contribution in [3.8, 4) is 0 Å². The smallest absolute Gasteiger partial charge is 0.0968 e. The van der Waals surface area contributed by atoms with Crippen LogP contribution in [0, 0.1) is 17.8 Å². The average Bonchev–Trinajstić information content (AvgIpc) is 2.45. The fourth-order valence-corrected chi connectivity index (χ4v) is 2.54. The number of nitrogens with zero attached hydrogens (tertiary/aromatic N) is 1. The molecule has 11 heavy (non-hydrogen) atoms. The summed E-state index contributed by atoms with van der Waals surface area (Å²) in [6.45, 7) is 3.22. The molecule has 1 heterocycles. The third kappa shape index (κ3) is 1.05. The highest BCUT2D eigenvalue weighted by Crippen LogP contribution is 2.39. The number of hydrogen-bond acceptors (Lipinski definition) is 2. The lowest BCUT2D eigenvalue weighted by atomic mass is 9.82. The van der Waals surface area contributed by atoms with E-state index in [1.807, 2.05) is 0 Å². The Hall–Kier alpha value is -0.530. The van der Waals surface area contributed by atoms with E-state index >= 15 is 0 Å². The van der Waals surface area contributed by atoms with E-state index in [-0.39, 0.29) is 0 Å². The summed E-state index contributed by atoms with van der Waals surface area (Å²) in [6, 6.07) is 0. The van der Waals surface area contributed by atoms with Crippen LogP contribution in [0.15, 0.2) is 4.99 Å². The standard InChI is InChI=1S/C9H16N2/c1-6-8-4-2-3-7(8)5-11-9(6)10/h6-8H,2-5H2,1H3,(H2,10,11). The van der Waals surface area contributed by atoms with Gasteiger partial charge in [0.05, 0.1) is 5.84 Å². The third-order valence-corrected chi connectivity index (χ3v) is 3.33. The molecule has 0 aromatic rings. The van der Waals surface area contributed by atoms with E-state index in [0.717, 1.165) is 24.2 Å². The normalized spacial score (nSPS) is 43.4. The van der Waals surface area contributed by atoms with Crippen LogP contribution in [-0.2, 0) is 0 Å². The zero-order valence-corrected chi connectivity index (χ0v) is 7.09. The van der Waals surface area contributed by atoms with Gasteiger partial charge in [-0.25, -0.2) is 0 Å². The number of fused-ring (bicyclic) bond motifs is 1. The second-order valence-corrected chi connectivity index (χ2v) is 3.91. The molecule has 0 saturated heterocycles. The SMILES string of the molecule is CC1C(N)=NCC2CCCC21. The van der Waals surface area contributed by atoms with Crippen LogP contribution in [0.5, 0.6) is 0 Å². The molecule has 1 fully saturated rings. The van der Waals surface area contributed by atoms with Crippen molar-refractivity contribution in [3.05, 3.63) is 0 Å². The monoisotopic (exact) mass is 152 g/mol. The van der Waals surface area contributed by atoms with Crippen LogP contribution >= 0.6 is 0 Å². The first-order valence-corrected chi connectivity index (χ1v) is 4.59. The fourth-order valence-electron chi connectivity index (χ4n) is 2.54. The lowest BCUT2D eigenvalue weighted by Gasteiger charge is -2.29. The van der Waals surface area contributed by atoms with Crippen molar-refractivity contribution >= 4 is 5.84 Å². The molecule has 0 spiro atoms. The van der Waals surface area contributed by atoms with Gasteiger partial charge in [0.1, 0.15) is 0 Å². The van der Waals surface area contributed by atoms with Crippen LogP contribution in [0.25, 0.3) is 0 Å². The second-order valence-electron chi connectivity index (χ2n) is 3.91. The van der Waals surface area contributed by atoms with Gasteiger partial charge in [-0.1, -0.05) is 13.3 Å². The molecule has 2 rings (SSSR count). The van der Waals surface area contributed by atoms with Gasteiger partial charge < -0.3 is 5.73 Å². The summed E-state index contributed by atoms with van der Waals surface area (Å²) in [5.74, 6) is 3.16. The van der Waals surface area contributed by atoms with Crippen LogP contribution in [0.2, 0.25) is 0 Å². The topological polar surface area (TPSA) is 38.4 Å². The first-order valence-electron chi connectivity index (χ1n) is 4.59. The first-order chi connectivity index (χ1) is 5.29. The van der Waals surface area contributed by atoms with Crippen molar-refractivity contribution in [2.24, 2.45) is 28.5 Å². The summed E-state index contributed by atoms with van der Waals surface area (Å²) in [4.78, 5) is 4.35. The maximum absolute atomic E-state index is 5.78. The molecule has 3 atom stereocenters. The Morgan fingerprint density at radius 3 is 3.09 bits per heavy atom. The number of rotatable bonds is 0. The van der Waals surface area contributed by atoms with Gasteiger partial charge in [0.25, 0.3) is 0 Å². The van der Waals surface area contributed by atoms with Crippen LogP contribution in [0.3, 0.4) is 0 Å². The van der Waals surface area contributed by atoms with E-state index < -0.39 is 0 Å². The quantitative estimate of drug-likeness (QED) is 0.560. The molecule has 62 valence electrons. The Balaban J connectivity index is 2.17. The van der Waals surface area contributed by atoms with E-state index in [1.54, 1.807) is 0 Å². The molecule has 0 radical (unpaired) electrons. The van der Waals surface area contributed by atoms with E-state index in [2.05, 4.69) is 11.9 Å². The molecule has 2 N–H and O–H groups in total. The Kier molecular flexibility index (Phi) is 1.63. The van der Waals surface area contributed by atoms with E-state index in [4.69, 9.17) is 5.73 Å². The van der Waals surface area contributed by atoms with Crippen molar-refractivity contribution < 1.29 is 0 Å². The van der Waals surface area contributed by atoms with Crippen molar-refractivity contribution in [2.45, 2.75) is 26.2 Å². The maximum atomic E-state index is 5.78. The fraction of sp³-hybridized carbons (Fsp3) is 0.889. The minimum atomic E-state index is 0.552. The van der Waals surface area contributed by atoms with Gasteiger partial charge in [-0.05, 0) is 24.7 Å². The zero-order valence-electron chi connectivity index (χ0n) is 7.09. The van der Waals surface area contributed by atoms with Gasteiger partial charge in [0.2, 0.25) is 0 Å². The van der Waals surface area contributed by atoms with Gasteiger partial charge in [-0.2, -0.15) is 0 Å². The van der Waals surface area contributed by atoms with Crippen molar-refractivity contribution in [1.82, 2.24) is 0 Å². The largest absolute Gasteiger partial charge is 0.387 e. The third-order valence-electron chi connectivity index (χ3n) is 3.33. The molecule has 3 unspecified atom stereocenters. The lowest BCUT2D eigenvalue weighted by Crippen LogP contribution is -2.35. The van der Waals surface area contributed by atoms with Crippen LogP contribution in [-0.4, -0.2) is 12.4 Å². The van der Waals surface area contributed by atoms with Gasteiger partial charge in [-0.15, -0.1) is 0 Å². The summed E-state index contributed by atoms with van der Waals surface area (Å²) in [7, 11) is 0. The number of amidine groups is 1. The molecule has 0 bridgehead atoms. The average molecular weight is 152 g/mol. The molecule has 0 aromatic heterocycles. The van der Waals surface area contributed by atoms with Gasteiger partial charge in [-0.3, -0.25) is 4.99 Å². The van der Waals surface area contributed by atoms with Crippen molar-refractivity contribution in [2.75, 3.05) is 6.54 Å². The number of aliphatic imine (C=N–C) groups is 1. The van der Waals surface area contributed by atoms with Gasteiger partial charge in [0.15, 0.2) is 0 Å². The minimum Gasteiger partial charge on any atom is -0.387 e. The number of hydrogen-bond donors (Lipinski definition) is 1. The summed E-state index contributed by atoms with van der Waals surface area (Å²) in [5, 5.41) is 0. The Bertz CT molecular complexity index is 186. The highest BCUT2D eigenvalue weighted by atomic mass is 14.9. The molecule has 2 heteroatoms. The molecular weight excluding hydrogens is 136 g/mol. The summed E-state index contributed by atoms with van der Waals surface area (Å²) < 4.78 is 0. The summed E-state index contributed by atoms with van der Waals surface area (Å²) >= 11 is 0. The van der Waals surface area contributed by atoms with Crippen molar-refractivity contribution in [1.29, 1.82) is 0 Å². The Morgan fingerprint density at radius 1 is 1.45 bits per heavy atom. The lowest BCUT2D eigenvalue weighted by molar-refractivity contribution is 0.321. The second kappa shape index (κ2) is 2.50. The van der Waals surface area contributed by atoms with Crippen molar-refractivity contribution in [3.63, 3.8) is 0 Å². The molecule has 0 amide bonds. The number of nitrogens with two attached hydrogens (primary N) is 1. The predicted molar refractivity (Wildman–Crippen MR) is 46.5 cm³/mol. The molecule has 1 saturated carbocycles. The Morgan fingerprint density at radius 2 is 2.27 bits per heavy atom. The highest BCUT2D eigenvalue weighted by molar-refractivity contribution is 5.83. The first kappa shape index (κ1) is 7.14. The summed E-state index contributed by atoms with van der Waals surface area (Å²) in [6.07, 6.45) is 4.15. The van der Waals surface area contributed by atoms with Crippen LogP contribution < -0.4 is 5.73 Å². The molecular formula is C9H16N2. The predicted octanol–water partition coefficient (Wildman–Crippen LogP) is 1.41.